The summed E-state index contributed by atoms with van der Waals surface area (Å²) in [5.41, 5.74) is 24.8. The van der Waals surface area contributed by atoms with Crippen molar-refractivity contribution < 1.29 is 0 Å². The lowest BCUT2D eigenvalue weighted by Crippen LogP contribution is -2.26. The minimum Gasteiger partial charge on any atom is -0.311 e. The third kappa shape index (κ3) is 6.58. The number of rotatable bonds is 8. The molecule has 3 aliphatic rings. The van der Waals surface area contributed by atoms with E-state index >= 15 is 0 Å². The molecule has 3 heteroatoms. The molecule has 0 unspecified atom stereocenters. The van der Waals surface area contributed by atoms with Crippen LogP contribution in [0.15, 0.2) is 297 Å². The maximum absolute atomic E-state index is 2.55. The molecule has 1 spiro atoms. The van der Waals surface area contributed by atoms with E-state index < -0.39 is 5.41 Å². The SMILES string of the molecule is c1ccc(N(c2ccccc2)c2ccc(-c3ccc4cc5c(cc4c3)-c3cccc4cccc(c34)N5c3ccc4c(c3)C3(c5ccccc5-c5ccccc53)c3cc(N(c5ccccc5)c5ccccc5)ccc3-4)cc2)cc1. The number of para-hydroxylation sites is 4. The maximum atomic E-state index is 2.55. The molecule has 0 saturated carbocycles. The van der Waals surface area contributed by atoms with Crippen molar-refractivity contribution in [2.75, 3.05) is 14.7 Å². The van der Waals surface area contributed by atoms with Crippen LogP contribution in [0.2, 0.25) is 0 Å². The van der Waals surface area contributed by atoms with Crippen molar-refractivity contribution in [3.05, 3.63) is 320 Å². The van der Waals surface area contributed by atoms with Gasteiger partial charge in [0.15, 0.2) is 0 Å². The molecule has 1 aliphatic heterocycles. The standard InChI is InChI=1S/C75H49N3/c1-5-21-55(22-6-1)76(56-23-7-2-8-24-56)59-39-37-50(38-40-59)52-35-36-53-47-73-67(46-54(53)45-52)66-31-17-19-51-20-18-34-72(74(51)66)78(73)61-42-44-65-64-43-41-60(77(57-25-9-3-10-26-57)58-27-11-4-12-28-58)48-70(64)75(71(65)49-61)68-32-15-13-29-62(68)63-30-14-16-33-69(63)75/h1-49H. The Balaban J connectivity index is 0.860. The van der Waals surface area contributed by atoms with Gasteiger partial charge in [-0.1, -0.05) is 188 Å². The Morgan fingerprint density at radius 3 is 1.33 bits per heavy atom. The van der Waals surface area contributed by atoms with E-state index in [0.29, 0.717) is 0 Å². The molecule has 0 amide bonds. The fraction of sp³-hybridized carbons (Fsp3) is 0.0133. The van der Waals surface area contributed by atoms with E-state index in [4.69, 9.17) is 0 Å². The van der Waals surface area contributed by atoms with Gasteiger partial charge in [0.2, 0.25) is 0 Å². The van der Waals surface area contributed by atoms with Crippen molar-refractivity contribution >= 4 is 72.7 Å². The Bertz CT molecular complexity index is 4360. The van der Waals surface area contributed by atoms with Gasteiger partial charge >= 0.3 is 0 Å². The summed E-state index contributed by atoms with van der Waals surface area (Å²) in [5.74, 6) is 0. The van der Waals surface area contributed by atoms with Crippen LogP contribution < -0.4 is 14.7 Å². The van der Waals surface area contributed by atoms with Crippen LogP contribution in [0.4, 0.5) is 51.2 Å². The van der Waals surface area contributed by atoms with Crippen LogP contribution in [0.5, 0.6) is 0 Å². The first-order valence-corrected chi connectivity index (χ1v) is 27.0. The monoisotopic (exact) mass is 991 g/mol. The van der Waals surface area contributed by atoms with Gasteiger partial charge in [-0.05, 0) is 187 Å². The number of hydrogen-bond acceptors (Lipinski definition) is 3. The smallest absolute Gasteiger partial charge is 0.0727 e. The number of anilines is 9. The molecule has 0 saturated heterocycles. The highest BCUT2D eigenvalue weighted by Gasteiger charge is 2.52. The first kappa shape index (κ1) is 44.1. The molecule has 3 nitrogen and oxygen atoms in total. The minimum absolute atomic E-state index is 0.579. The van der Waals surface area contributed by atoms with Gasteiger partial charge in [0, 0.05) is 50.8 Å². The van der Waals surface area contributed by atoms with Crippen LogP contribution in [0.1, 0.15) is 22.3 Å². The van der Waals surface area contributed by atoms with Gasteiger partial charge in [0.1, 0.15) is 0 Å². The van der Waals surface area contributed by atoms with Gasteiger partial charge in [-0.2, -0.15) is 0 Å². The van der Waals surface area contributed by atoms with E-state index in [1.165, 1.54) is 99.7 Å². The number of fused-ring (bicyclic) bond motifs is 13. The Morgan fingerprint density at radius 1 is 0.244 bits per heavy atom. The summed E-state index contributed by atoms with van der Waals surface area (Å²) >= 11 is 0. The number of hydrogen-bond donors (Lipinski definition) is 0. The third-order valence-electron chi connectivity index (χ3n) is 16.7. The van der Waals surface area contributed by atoms with Crippen LogP contribution in [0.25, 0.3) is 66.1 Å². The predicted octanol–water partition coefficient (Wildman–Crippen LogP) is 20.4. The summed E-state index contributed by atoms with van der Waals surface area (Å²) in [5, 5.41) is 4.90. The molecule has 78 heavy (non-hydrogen) atoms. The summed E-state index contributed by atoms with van der Waals surface area (Å²) in [6, 6.07) is 110. The van der Waals surface area contributed by atoms with Crippen LogP contribution in [0, 0.1) is 0 Å². The van der Waals surface area contributed by atoms with E-state index in [2.05, 4.69) is 312 Å². The zero-order valence-electron chi connectivity index (χ0n) is 42.6. The zero-order valence-corrected chi connectivity index (χ0v) is 42.6. The molecule has 1 heterocycles. The molecule has 0 atom stereocenters. The fourth-order valence-electron chi connectivity index (χ4n) is 13.4. The molecule has 0 radical (unpaired) electrons. The molecule has 0 bridgehead atoms. The van der Waals surface area contributed by atoms with Crippen molar-refractivity contribution in [1.82, 2.24) is 0 Å². The topological polar surface area (TPSA) is 9.72 Å². The van der Waals surface area contributed by atoms with Crippen LogP contribution in [-0.4, -0.2) is 0 Å². The molecule has 2 aliphatic carbocycles. The summed E-state index contributed by atoms with van der Waals surface area (Å²) in [4.78, 5) is 7.26. The largest absolute Gasteiger partial charge is 0.311 e. The van der Waals surface area contributed by atoms with Gasteiger partial charge in [-0.3, -0.25) is 0 Å². The number of nitrogens with zero attached hydrogens (tertiary/aromatic N) is 3. The summed E-state index contributed by atoms with van der Waals surface area (Å²) in [7, 11) is 0. The lowest BCUT2D eigenvalue weighted by molar-refractivity contribution is 0.793. The van der Waals surface area contributed by atoms with Crippen LogP contribution >= 0.6 is 0 Å². The Hall–Kier alpha value is -10.2. The van der Waals surface area contributed by atoms with Gasteiger partial charge in [-0.15, -0.1) is 0 Å². The Labute approximate surface area is 454 Å². The van der Waals surface area contributed by atoms with E-state index in [9.17, 15) is 0 Å². The molecule has 0 fully saturated rings. The quantitative estimate of drug-likeness (QED) is 0.150. The highest BCUT2D eigenvalue weighted by molar-refractivity contribution is 6.16. The molecule has 13 aromatic rings. The lowest BCUT2D eigenvalue weighted by Gasteiger charge is -2.35. The Morgan fingerprint density at radius 2 is 0.718 bits per heavy atom. The average molecular weight is 992 g/mol. The highest BCUT2D eigenvalue weighted by Crippen LogP contribution is 2.64. The summed E-state index contributed by atoms with van der Waals surface area (Å²) in [6.07, 6.45) is 0. The first-order chi connectivity index (χ1) is 38.7. The molecular weight excluding hydrogens is 943 g/mol. The number of benzene rings is 13. The maximum Gasteiger partial charge on any atom is 0.0727 e. The first-order valence-electron chi connectivity index (χ1n) is 27.0. The van der Waals surface area contributed by atoms with Crippen molar-refractivity contribution in [2.24, 2.45) is 0 Å². The normalized spacial score (nSPS) is 12.9. The van der Waals surface area contributed by atoms with Crippen molar-refractivity contribution in [3.63, 3.8) is 0 Å². The third-order valence-corrected chi connectivity index (χ3v) is 16.7. The van der Waals surface area contributed by atoms with Gasteiger partial charge in [-0.25, -0.2) is 0 Å². The average Bonchev–Trinajstić information content (AvgIpc) is 4.05. The van der Waals surface area contributed by atoms with Gasteiger partial charge in [0.25, 0.3) is 0 Å². The Kier molecular flexibility index (Phi) is 9.85. The second kappa shape index (κ2) is 17.4. The van der Waals surface area contributed by atoms with Gasteiger partial charge in [0.05, 0.1) is 16.8 Å². The molecule has 0 N–H and O–H groups in total. The predicted molar refractivity (Wildman–Crippen MR) is 326 cm³/mol. The van der Waals surface area contributed by atoms with Crippen molar-refractivity contribution in [3.8, 4) is 44.5 Å². The second-order valence-electron chi connectivity index (χ2n) is 20.8. The van der Waals surface area contributed by atoms with Crippen LogP contribution in [-0.2, 0) is 5.41 Å². The van der Waals surface area contributed by atoms with Crippen LogP contribution in [0.3, 0.4) is 0 Å². The van der Waals surface area contributed by atoms with Crippen molar-refractivity contribution in [2.45, 2.75) is 5.41 Å². The van der Waals surface area contributed by atoms with E-state index in [0.717, 1.165) is 39.8 Å². The van der Waals surface area contributed by atoms with Crippen molar-refractivity contribution in [1.29, 1.82) is 0 Å². The lowest BCUT2D eigenvalue weighted by atomic mass is 9.70. The van der Waals surface area contributed by atoms with E-state index in [-0.39, 0.29) is 0 Å². The highest BCUT2D eigenvalue weighted by atomic mass is 15.2. The molecular formula is C75H49N3. The molecule has 13 aromatic carbocycles. The zero-order chi connectivity index (χ0) is 51.3. The van der Waals surface area contributed by atoms with E-state index in [1.54, 1.807) is 0 Å². The molecule has 16 rings (SSSR count). The molecule has 364 valence electrons. The molecule has 0 aromatic heterocycles. The minimum atomic E-state index is -0.579. The fourth-order valence-corrected chi connectivity index (χ4v) is 13.4. The van der Waals surface area contributed by atoms with Gasteiger partial charge < -0.3 is 14.7 Å². The summed E-state index contributed by atoms with van der Waals surface area (Å²) < 4.78 is 0. The summed E-state index contributed by atoms with van der Waals surface area (Å²) in [6.45, 7) is 0. The second-order valence-corrected chi connectivity index (χ2v) is 20.8. The van der Waals surface area contributed by atoms with E-state index in [1.807, 2.05) is 0 Å².